The van der Waals surface area contributed by atoms with Gasteiger partial charge in [-0.05, 0) is 18.2 Å². The number of alkyl halides is 3. The summed E-state index contributed by atoms with van der Waals surface area (Å²) in [5.74, 6) is 0. The highest BCUT2D eigenvalue weighted by atomic mass is 32.1. The second-order valence-corrected chi connectivity index (χ2v) is 4.63. The molecule has 98 valence electrons. The zero-order chi connectivity index (χ0) is 13.9. The lowest BCUT2D eigenvalue weighted by molar-refractivity contribution is -0.137. The van der Waals surface area contributed by atoms with Crippen molar-refractivity contribution in [3.05, 3.63) is 45.9 Å². The summed E-state index contributed by atoms with van der Waals surface area (Å²) in [7, 11) is 0. The van der Waals surface area contributed by atoms with Gasteiger partial charge in [-0.1, -0.05) is 0 Å². The van der Waals surface area contributed by atoms with Crippen LogP contribution < -0.4 is 5.32 Å². The zero-order valence-electron chi connectivity index (χ0n) is 9.53. The predicted octanol–water partition coefficient (Wildman–Crippen LogP) is 3.65. The van der Waals surface area contributed by atoms with Gasteiger partial charge in [-0.2, -0.15) is 18.4 Å². The van der Waals surface area contributed by atoms with Crippen molar-refractivity contribution < 1.29 is 13.2 Å². The van der Waals surface area contributed by atoms with Crippen LogP contribution >= 0.6 is 11.3 Å². The molecule has 1 heterocycles. The number of nitriles is 1. The van der Waals surface area contributed by atoms with E-state index in [4.69, 9.17) is 5.26 Å². The molecule has 0 bridgehead atoms. The van der Waals surface area contributed by atoms with Gasteiger partial charge in [0.2, 0.25) is 0 Å². The van der Waals surface area contributed by atoms with Crippen LogP contribution in [0.4, 0.5) is 18.9 Å². The van der Waals surface area contributed by atoms with Crippen LogP contribution in [0.2, 0.25) is 0 Å². The highest BCUT2D eigenvalue weighted by Gasteiger charge is 2.31. The minimum absolute atomic E-state index is 0.0358. The van der Waals surface area contributed by atoms with Crippen LogP contribution in [0.1, 0.15) is 16.1 Å². The number of nitrogens with zero attached hydrogens (tertiary/aromatic N) is 2. The van der Waals surface area contributed by atoms with Crippen molar-refractivity contribution in [2.75, 3.05) is 5.32 Å². The molecule has 0 fully saturated rings. The smallest absolute Gasteiger partial charge is 0.377 e. The average molecular weight is 283 g/mol. The van der Waals surface area contributed by atoms with E-state index < -0.39 is 11.7 Å². The molecule has 19 heavy (non-hydrogen) atoms. The molecule has 0 saturated heterocycles. The summed E-state index contributed by atoms with van der Waals surface area (Å²) >= 11 is 1.43. The average Bonchev–Trinajstić information content (AvgIpc) is 2.88. The number of halogens is 3. The highest BCUT2D eigenvalue weighted by Crippen LogP contribution is 2.31. The lowest BCUT2D eigenvalue weighted by Crippen LogP contribution is -2.07. The third-order valence-electron chi connectivity index (χ3n) is 2.38. The van der Waals surface area contributed by atoms with Crippen molar-refractivity contribution in [3.63, 3.8) is 0 Å². The summed E-state index contributed by atoms with van der Waals surface area (Å²) in [6, 6.07) is 4.80. The Hall–Kier alpha value is -2.07. The highest BCUT2D eigenvalue weighted by molar-refractivity contribution is 7.09. The number of hydrogen-bond donors (Lipinski definition) is 1. The van der Waals surface area contributed by atoms with E-state index >= 15 is 0 Å². The molecule has 0 saturated carbocycles. The maximum absolute atomic E-state index is 12.5. The van der Waals surface area contributed by atoms with E-state index in [-0.39, 0.29) is 5.56 Å². The Morgan fingerprint density at radius 2 is 2.16 bits per heavy atom. The van der Waals surface area contributed by atoms with Gasteiger partial charge in [0.25, 0.3) is 0 Å². The van der Waals surface area contributed by atoms with Gasteiger partial charge in [0.15, 0.2) is 0 Å². The lowest BCUT2D eigenvalue weighted by Gasteiger charge is -2.10. The van der Waals surface area contributed by atoms with Crippen molar-refractivity contribution in [1.82, 2.24) is 4.98 Å². The van der Waals surface area contributed by atoms with E-state index in [0.29, 0.717) is 12.2 Å². The van der Waals surface area contributed by atoms with E-state index in [1.807, 2.05) is 0 Å². The van der Waals surface area contributed by atoms with E-state index in [2.05, 4.69) is 10.3 Å². The van der Waals surface area contributed by atoms with E-state index in [1.54, 1.807) is 17.6 Å². The second-order valence-electron chi connectivity index (χ2n) is 3.65. The fourth-order valence-corrected chi connectivity index (χ4v) is 2.03. The summed E-state index contributed by atoms with van der Waals surface area (Å²) < 4.78 is 37.5. The quantitative estimate of drug-likeness (QED) is 0.935. The lowest BCUT2D eigenvalue weighted by atomic mass is 10.1. The topological polar surface area (TPSA) is 48.7 Å². The molecule has 0 amide bonds. The van der Waals surface area contributed by atoms with Crippen LogP contribution in [0.5, 0.6) is 0 Å². The first-order chi connectivity index (χ1) is 9.00. The van der Waals surface area contributed by atoms with Gasteiger partial charge in [0.05, 0.1) is 23.4 Å². The Balaban J connectivity index is 2.20. The Bertz CT molecular complexity index is 600. The fourth-order valence-electron chi connectivity index (χ4n) is 1.48. The number of aromatic nitrogens is 1. The number of anilines is 1. The molecule has 1 aromatic carbocycles. The third kappa shape index (κ3) is 3.23. The molecule has 7 heteroatoms. The van der Waals surface area contributed by atoms with E-state index in [0.717, 1.165) is 17.1 Å². The SMILES string of the molecule is N#Cc1cc(C(F)(F)F)ccc1NCc1nccs1. The summed E-state index contributed by atoms with van der Waals surface area (Å²) in [5, 5.41) is 14.4. The number of rotatable bonds is 3. The first kappa shape index (κ1) is 13.4. The fraction of sp³-hybridized carbons (Fsp3) is 0.167. The van der Waals surface area contributed by atoms with Crippen molar-refractivity contribution in [2.24, 2.45) is 0 Å². The van der Waals surface area contributed by atoms with Crippen LogP contribution in [0.3, 0.4) is 0 Å². The van der Waals surface area contributed by atoms with Crippen molar-refractivity contribution in [2.45, 2.75) is 12.7 Å². The molecule has 2 rings (SSSR count). The molecule has 0 aliphatic heterocycles. The molecule has 2 aromatic rings. The monoisotopic (exact) mass is 283 g/mol. The van der Waals surface area contributed by atoms with Crippen LogP contribution in [0.25, 0.3) is 0 Å². The molecular weight excluding hydrogens is 275 g/mol. The number of hydrogen-bond acceptors (Lipinski definition) is 4. The molecule has 3 nitrogen and oxygen atoms in total. The molecular formula is C12H8F3N3S. The maximum atomic E-state index is 12.5. The Labute approximate surface area is 111 Å². The normalized spacial score (nSPS) is 11.1. The van der Waals surface area contributed by atoms with Crippen LogP contribution in [-0.4, -0.2) is 4.98 Å². The summed E-state index contributed by atoms with van der Waals surface area (Å²) in [5.41, 5.74) is -0.499. The molecule has 0 aliphatic carbocycles. The second kappa shape index (κ2) is 5.28. The van der Waals surface area contributed by atoms with Crippen molar-refractivity contribution >= 4 is 17.0 Å². The summed E-state index contributed by atoms with van der Waals surface area (Å²) in [6.07, 6.45) is -2.81. The minimum Gasteiger partial charge on any atom is -0.377 e. The maximum Gasteiger partial charge on any atom is 0.416 e. The molecule has 0 spiro atoms. The van der Waals surface area contributed by atoms with Crippen LogP contribution in [0, 0.1) is 11.3 Å². The molecule has 0 atom stereocenters. The number of benzene rings is 1. The minimum atomic E-state index is -4.45. The largest absolute Gasteiger partial charge is 0.416 e. The van der Waals surface area contributed by atoms with Gasteiger partial charge in [0, 0.05) is 11.6 Å². The van der Waals surface area contributed by atoms with Gasteiger partial charge >= 0.3 is 6.18 Å². The molecule has 1 N–H and O–H groups in total. The number of thiazole rings is 1. The van der Waals surface area contributed by atoms with Crippen LogP contribution in [0.15, 0.2) is 29.8 Å². The Morgan fingerprint density at radius 3 is 2.74 bits per heavy atom. The summed E-state index contributed by atoms with van der Waals surface area (Å²) in [6.45, 7) is 0.373. The first-order valence-electron chi connectivity index (χ1n) is 5.24. The molecule has 1 aromatic heterocycles. The van der Waals surface area contributed by atoms with Gasteiger partial charge in [0.1, 0.15) is 11.1 Å². The predicted molar refractivity (Wildman–Crippen MR) is 65.6 cm³/mol. The van der Waals surface area contributed by atoms with Gasteiger partial charge in [-0.25, -0.2) is 4.98 Å². The first-order valence-corrected chi connectivity index (χ1v) is 6.12. The van der Waals surface area contributed by atoms with Gasteiger partial charge in [-0.3, -0.25) is 0 Å². The van der Waals surface area contributed by atoms with E-state index in [9.17, 15) is 13.2 Å². The van der Waals surface area contributed by atoms with Gasteiger partial charge in [-0.15, -0.1) is 11.3 Å². The van der Waals surface area contributed by atoms with Crippen molar-refractivity contribution in [1.29, 1.82) is 5.26 Å². The zero-order valence-corrected chi connectivity index (χ0v) is 10.3. The standard InChI is InChI=1S/C12H8F3N3S/c13-12(14,15)9-1-2-10(8(5-9)6-16)18-7-11-17-3-4-19-11/h1-5,18H,7H2. The van der Waals surface area contributed by atoms with Crippen molar-refractivity contribution in [3.8, 4) is 6.07 Å². The molecule has 0 aliphatic rings. The Morgan fingerprint density at radius 1 is 1.37 bits per heavy atom. The van der Waals surface area contributed by atoms with Gasteiger partial charge < -0.3 is 5.32 Å². The Kier molecular flexibility index (Phi) is 3.71. The molecule has 0 unspecified atom stereocenters. The summed E-state index contributed by atoms with van der Waals surface area (Å²) in [4.78, 5) is 4.04. The molecule has 0 radical (unpaired) electrons. The van der Waals surface area contributed by atoms with E-state index in [1.165, 1.54) is 17.4 Å². The third-order valence-corrected chi connectivity index (χ3v) is 3.16. The van der Waals surface area contributed by atoms with Crippen LogP contribution in [-0.2, 0) is 12.7 Å². The number of nitrogens with one attached hydrogen (secondary N) is 1.